The molecule has 1 rings (SSSR count). The second-order valence-electron chi connectivity index (χ2n) is 3.28. The summed E-state index contributed by atoms with van der Waals surface area (Å²) in [4.78, 5) is 0. The van der Waals surface area contributed by atoms with Crippen LogP contribution >= 0.6 is 12.4 Å². The summed E-state index contributed by atoms with van der Waals surface area (Å²) in [7, 11) is -4.62. The summed E-state index contributed by atoms with van der Waals surface area (Å²) in [6, 6.07) is 1.11. The van der Waals surface area contributed by atoms with Crippen LogP contribution in [0.1, 0.15) is 5.56 Å². The van der Waals surface area contributed by atoms with Crippen molar-refractivity contribution in [3.63, 3.8) is 0 Å². The molecule has 0 heterocycles. The second-order valence-corrected chi connectivity index (χ2v) is 4.78. The van der Waals surface area contributed by atoms with Crippen LogP contribution in [0.2, 0.25) is 0 Å². The van der Waals surface area contributed by atoms with Gasteiger partial charge in [0.25, 0.3) is 0 Å². The van der Waals surface area contributed by atoms with Gasteiger partial charge in [0.1, 0.15) is 0 Å². The zero-order valence-corrected chi connectivity index (χ0v) is 11.3. The van der Waals surface area contributed by atoms with Gasteiger partial charge in [0.2, 0.25) is 6.01 Å². The summed E-state index contributed by atoms with van der Waals surface area (Å²) in [6.07, 6.45) is -5.05. The minimum absolute atomic E-state index is 0. The van der Waals surface area contributed by atoms with Gasteiger partial charge < -0.3 is 14.7 Å². The number of halogens is 5. The topological polar surface area (TPSA) is 78.6 Å². The van der Waals surface area contributed by atoms with Crippen LogP contribution in [0.15, 0.2) is 18.2 Å². The molecular weight excluding hydrogens is 330 g/mol. The molecule has 0 spiro atoms. The van der Waals surface area contributed by atoms with E-state index < -0.39 is 34.0 Å². The Morgan fingerprint density at radius 3 is 2.25 bits per heavy atom. The lowest BCUT2D eigenvalue weighted by Crippen LogP contribution is -2.19. The quantitative estimate of drug-likeness (QED) is 0.656. The van der Waals surface area contributed by atoms with E-state index in [4.69, 9.17) is 5.73 Å². The van der Waals surface area contributed by atoms with Crippen molar-refractivity contribution in [1.82, 2.24) is 0 Å². The maximum atomic E-state index is 12.1. The summed E-state index contributed by atoms with van der Waals surface area (Å²) < 4.78 is 78.0. The van der Waals surface area contributed by atoms with Gasteiger partial charge in [-0.05, 0) is 17.7 Å². The molecule has 0 saturated carbocycles. The summed E-state index contributed by atoms with van der Waals surface area (Å²) >= 11 is 0. The van der Waals surface area contributed by atoms with Gasteiger partial charge in [0.15, 0.2) is 11.5 Å². The van der Waals surface area contributed by atoms with Crippen molar-refractivity contribution in [2.45, 2.75) is 12.9 Å². The van der Waals surface area contributed by atoms with Gasteiger partial charge in [-0.25, -0.2) is 4.39 Å². The van der Waals surface area contributed by atoms with Gasteiger partial charge in [-0.15, -0.1) is 25.6 Å². The molecule has 0 aliphatic carbocycles. The average molecular weight is 340 g/mol. The van der Waals surface area contributed by atoms with Gasteiger partial charge in [-0.1, -0.05) is 6.07 Å². The normalized spacial score (nSPS) is 11.7. The molecule has 0 fully saturated rings. The van der Waals surface area contributed by atoms with E-state index in [0.29, 0.717) is 0 Å². The molecule has 0 atom stereocenters. The third-order valence-corrected chi connectivity index (χ3v) is 2.52. The van der Waals surface area contributed by atoms with E-state index in [2.05, 4.69) is 8.92 Å². The molecule has 20 heavy (non-hydrogen) atoms. The van der Waals surface area contributed by atoms with Crippen LogP contribution in [0.25, 0.3) is 0 Å². The van der Waals surface area contributed by atoms with Gasteiger partial charge >= 0.3 is 16.5 Å². The average Bonchev–Trinajstić information content (AvgIpc) is 2.29. The van der Waals surface area contributed by atoms with E-state index in [1.54, 1.807) is 0 Å². The lowest BCUT2D eigenvalue weighted by Gasteiger charge is -2.14. The first kappa shape index (κ1) is 18.7. The predicted molar refractivity (Wildman–Crippen MR) is 63.8 cm³/mol. The largest absolute Gasteiger partial charge is 0.573 e. The molecule has 0 aliphatic heterocycles. The summed E-state index contributed by atoms with van der Waals surface area (Å²) in [5.41, 5.74) is 5.48. The first-order chi connectivity index (χ1) is 8.67. The zero-order chi connectivity index (χ0) is 14.7. The fourth-order valence-corrected chi connectivity index (χ4v) is 1.57. The van der Waals surface area contributed by atoms with E-state index in [1.807, 2.05) is 0 Å². The molecule has 0 aromatic heterocycles. The van der Waals surface area contributed by atoms with Gasteiger partial charge in [0.05, 0.1) is 0 Å². The van der Waals surface area contributed by atoms with Crippen molar-refractivity contribution in [2.75, 3.05) is 6.01 Å². The van der Waals surface area contributed by atoms with Crippen LogP contribution < -0.4 is 14.7 Å². The Kier molecular flexibility index (Phi) is 6.51. The standard InChI is InChI=1S/C9H9F4NO4S.ClH/c10-5-19(15,16)18-7-2-1-6(4-14)3-8(7)17-9(11,12)13;/h1-3H,4-5,14H2;1H. The zero-order valence-electron chi connectivity index (χ0n) is 9.68. The maximum absolute atomic E-state index is 12.1. The minimum atomic E-state index is -5.05. The van der Waals surface area contributed by atoms with Crippen LogP contribution in [0.3, 0.4) is 0 Å². The molecule has 1 aromatic carbocycles. The lowest BCUT2D eigenvalue weighted by atomic mass is 10.2. The van der Waals surface area contributed by atoms with Crippen LogP contribution in [-0.4, -0.2) is 20.8 Å². The van der Waals surface area contributed by atoms with Crippen LogP contribution in [-0.2, 0) is 16.7 Å². The van der Waals surface area contributed by atoms with E-state index in [9.17, 15) is 26.0 Å². The van der Waals surface area contributed by atoms with E-state index in [-0.39, 0.29) is 24.5 Å². The van der Waals surface area contributed by atoms with Crippen LogP contribution in [0, 0.1) is 0 Å². The highest BCUT2D eigenvalue weighted by Gasteiger charge is 2.33. The number of alkyl halides is 4. The minimum Gasteiger partial charge on any atom is -0.402 e. The predicted octanol–water partition coefficient (Wildman–Crippen LogP) is 2.10. The molecule has 0 saturated heterocycles. The third kappa shape index (κ3) is 5.80. The third-order valence-electron chi connectivity index (χ3n) is 1.82. The second kappa shape index (κ2) is 6.95. The lowest BCUT2D eigenvalue weighted by molar-refractivity contribution is -0.275. The Bertz CT molecular complexity index is 549. The Morgan fingerprint density at radius 1 is 1.20 bits per heavy atom. The number of benzene rings is 1. The smallest absolute Gasteiger partial charge is 0.402 e. The van der Waals surface area contributed by atoms with Gasteiger partial charge in [-0.2, -0.15) is 8.42 Å². The Labute approximate surface area is 118 Å². The van der Waals surface area contributed by atoms with E-state index in [0.717, 1.165) is 12.1 Å². The molecule has 0 amide bonds. The van der Waals surface area contributed by atoms with E-state index >= 15 is 0 Å². The van der Waals surface area contributed by atoms with Crippen molar-refractivity contribution < 1.29 is 34.9 Å². The van der Waals surface area contributed by atoms with Crippen molar-refractivity contribution in [3.8, 4) is 11.5 Å². The first-order valence-electron chi connectivity index (χ1n) is 4.74. The fraction of sp³-hybridized carbons (Fsp3) is 0.333. The highest BCUT2D eigenvalue weighted by molar-refractivity contribution is 7.86. The molecule has 1 aromatic rings. The van der Waals surface area contributed by atoms with Crippen molar-refractivity contribution >= 4 is 22.5 Å². The number of hydrogen-bond donors (Lipinski definition) is 1. The highest BCUT2D eigenvalue weighted by Crippen LogP contribution is 2.34. The summed E-state index contributed by atoms with van der Waals surface area (Å²) in [5, 5.41) is 0. The number of hydrogen-bond acceptors (Lipinski definition) is 5. The molecule has 11 heteroatoms. The Hall–Kier alpha value is -1.26. The molecule has 0 radical (unpaired) electrons. The molecule has 0 bridgehead atoms. The molecule has 0 aliphatic rings. The van der Waals surface area contributed by atoms with Gasteiger partial charge in [0, 0.05) is 6.54 Å². The first-order valence-corrected chi connectivity index (χ1v) is 6.31. The van der Waals surface area contributed by atoms with Crippen molar-refractivity contribution in [1.29, 1.82) is 0 Å². The van der Waals surface area contributed by atoms with Crippen molar-refractivity contribution in [2.24, 2.45) is 5.73 Å². The summed E-state index contributed by atoms with van der Waals surface area (Å²) in [5.74, 6) is -1.68. The maximum Gasteiger partial charge on any atom is 0.573 e. The molecule has 5 nitrogen and oxygen atoms in total. The SMILES string of the molecule is Cl.NCc1ccc(OS(=O)(=O)CF)c(OC(F)(F)F)c1. The van der Waals surface area contributed by atoms with E-state index in [1.165, 1.54) is 6.07 Å². The monoisotopic (exact) mass is 339 g/mol. The van der Waals surface area contributed by atoms with Crippen LogP contribution in [0.5, 0.6) is 11.5 Å². The number of ether oxygens (including phenoxy) is 1. The number of nitrogens with two attached hydrogens (primary N) is 1. The molecule has 0 unspecified atom stereocenters. The molecule has 2 N–H and O–H groups in total. The Balaban J connectivity index is 0.00000361. The molecular formula is C9H10ClF4NO4S. The van der Waals surface area contributed by atoms with Gasteiger partial charge in [-0.3, -0.25) is 0 Å². The van der Waals surface area contributed by atoms with Crippen LogP contribution in [0.4, 0.5) is 17.6 Å². The molecule has 116 valence electrons. The Morgan fingerprint density at radius 2 is 1.80 bits per heavy atom. The van der Waals surface area contributed by atoms with Crippen molar-refractivity contribution in [3.05, 3.63) is 23.8 Å². The number of rotatable bonds is 5. The fourth-order valence-electron chi connectivity index (χ4n) is 1.11. The summed E-state index contributed by atoms with van der Waals surface area (Å²) in [6.45, 7) is -0.0929. The highest BCUT2D eigenvalue weighted by atomic mass is 35.5.